The Bertz CT molecular complexity index is 930. The van der Waals surface area contributed by atoms with E-state index in [4.69, 9.17) is 4.98 Å². The predicted octanol–water partition coefficient (Wildman–Crippen LogP) is 2.97. The lowest BCUT2D eigenvalue weighted by Crippen LogP contribution is -2.31. The number of aromatic nitrogens is 3. The summed E-state index contributed by atoms with van der Waals surface area (Å²) in [5.41, 5.74) is 5.03. The van der Waals surface area contributed by atoms with Gasteiger partial charge in [0.1, 0.15) is 0 Å². The molecule has 3 aromatic rings. The van der Waals surface area contributed by atoms with E-state index in [0.29, 0.717) is 0 Å². The average Bonchev–Trinajstić information content (AvgIpc) is 2.68. The highest BCUT2D eigenvalue weighted by atomic mass is 15.1. The van der Waals surface area contributed by atoms with Crippen molar-refractivity contribution in [2.45, 2.75) is 19.5 Å². The van der Waals surface area contributed by atoms with Gasteiger partial charge in [0.05, 0.1) is 17.3 Å². The van der Waals surface area contributed by atoms with Crippen LogP contribution in [0.1, 0.15) is 22.4 Å². The third-order valence-electron chi connectivity index (χ3n) is 4.46. The number of hydrogen-bond donors (Lipinski definition) is 0. The molecule has 0 aliphatic carbocycles. The van der Waals surface area contributed by atoms with Crippen LogP contribution in [0.2, 0.25) is 0 Å². The second-order valence-electron chi connectivity index (χ2n) is 6.14. The van der Waals surface area contributed by atoms with Crippen molar-refractivity contribution in [2.75, 3.05) is 6.54 Å². The molecule has 1 aliphatic rings. The lowest BCUT2D eigenvalue weighted by Gasteiger charge is -2.28. The SMILES string of the molecule is N#Cc1ccccc1CN1CCc2nc(-c3cccnc3)ncc2C1. The number of nitrogens with zero attached hydrogens (tertiary/aromatic N) is 5. The van der Waals surface area contributed by atoms with Gasteiger partial charge in [0.15, 0.2) is 5.82 Å². The van der Waals surface area contributed by atoms with E-state index < -0.39 is 0 Å². The summed E-state index contributed by atoms with van der Waals surface area (Å²) < 4.78 is 0. The van der Waals surface area contributed by atoms with Crippen molar-refractivity contribution in [1.82, 2.24) is 19.9 Å². The average molecular weight is 327 g/mol. The Balaban J connectivity index is 1.53. The highest BCUT2D eigenvalue weighted by Gasteiger charge is 2.19. The zero-order chi connectivity index (χ0) is 17.1. The minimum absolute atomic E-state index is 0.732. The van der Waals surface area contributed by atoms with E-state index in [2.05, 4.69) is 20.9 Å². The molecule has 0 saturated carbocycles. The summed E-state index contributed by atoms with van der Waals surface area (Å²) in [6.45, 7) is 2.51. The quantitative estimate of drug-likeness (QED) is 0.740. The third kappa shape index (κ3) is 3.25. The van der Waals surface area contributed by atoms with Crippen LogP contribution >= 0.6 is 0 Å². The Morgan fingerprint density at radius 1 is 1.12 bits per heavy atom. The molecular weight excluding hydrogens is 310 g/mol. The molecule has 0 saturated heterocycles. The van der Waals surface area contributed by atoms with Crippen molar-refractivity contribution in [3.63, 3.8) is 0 Å². The van der Waals surface area contributed by atoms with Crippen LogP contribution in [0.25, 0.3) is 11.4 Å². The van der Waals surface area contributed by atoms with E-state index in [-0.39, 0.29) is 0 Å². The van der Waals surface area contributed by atoms with Gasteiger partial charge in [0.2, 0.25) is 0 Å². The minimum atomic E-state index is 0.732. The summed E-state index contributed by atoms with van der Waals surface area (Å²) in [5.74, 6) is 0.732. The van der Waals surface area contributed by atoms with Crippen LogP contribution in [0.4, 0.5) is 0 Å². The van der Waals surface area contributed by atoms with Gasteiger partial charge in [0, 0.05) is 55.8 Å². The van der Waals surface area contributed by atoms with E-state index in [1.54, 1.807) is 12.4 Å². The van der Waals surface area contributed by atoms with Crippen LogP contribution in [-0.4, -0.2) is 26.4 Å². The van der Waals surface area contributed by atoms with Crippen LogP contribution in [0.3, 0.4) is 0 Å². The number of rotatable bonds is 3. The summed E-state index contributed by atoms with van der Waals surface area (Å²) in [7, 11) is 0. The first kappa shape index (κ1) is 15.4. The maximum atomic E-state index is 9.25. The van der Waals surface area contributed by atoms with Crippen LogP contribution in [0.5, 0.6) is 0 Å². The highest BCUT2D eigenvalue weighted by Crippen LogP contribution is 2.22. The van der Waals surface area contributed by atoms with Crippen molar-refractivity contribution >= 4 is 0 Å². The maximum Gasteiger partial charge on any atom is 0.160 e. The fraction of sp³-hybridized carbons (Fsp3) is 0.200. The first-order valence-corrected chi connectivity index (χ1v) is 8.29. The molecular formula is C20H17N5. The largest absolute Gasteiger partial charge is 0.294 e. The Morgan fingerprint density at radius 2 is 2.04 bits per heavy atom. The van der Waals surface area contributed by atoms with Gasteiger partial charge in [-0.1, -0.05) is 18.2 Å². The van der Waals surface area contributed by atoms with Crippen molar-refractivity contribution < 1.29 is 0 Å². The summed E-state index contributed by atoms with van der Waals surface area (Å²) in [6, 6.07) is 13.9. The number of benzene rings is 1. The second kappa shape index (κ2) is 6.80. The molecule has 5 heteroatoms. The van der Waals surface area contributed by atoms with Gasteiger partial charge in [-0.15, -0.1) is 0 Å². The highest BCUT2D eigenvalue weighted by molar-refractivity contribution is 5.53. The molecule has 3 heterocycles. The van der Waals surface area contributed by atoms with Gasteiger partial charge in [-0.2, -0.15) is 5.26 Å². The van der Waals surface area contributed by atoms with E-state index in [9.17, 15) is 5.26 Å². The Morgan fingerprint density at radius 3 is 2.88 bits per heavy atom. The Hall–Kier alpha value is -3.10. The molecule has 25 heavy (non-hydrogen) atoms. The zero-order valence-corrected chi connectivity index (χ0v) is 13.8. The monoisotopic (exact) mass is 327 g/mol. The van der Waals surface area contributed by atoms with Crippen molar-refractivity contribution in [1.29, 1.82) is 5.26 Å². The summed E-state index contributed by atoms with van der Waals surface area (Å²) >= 11 is 0. The topological polar surface area (TPSA) is 65.7 Å². The van der Waals surface area contributed by atoms with Gasteiger partial charge in [-0.25, -0.2) is 9.97 Å². The number of fused-ring (bicyclic) bond motifs is 1. The predicted molar refractivity (Wildman–Crippen MR) is 94.2 cm³/mol. The fourth-order valence-corrected chi connectivity index (χ4v) is 3.15. The van der Waals surface area contributed by atoms with E-state index >= 15 is 0 Å². The van der Waals surface area contributed by atoms with Gasteiger partial charge < -0.3 is 0 Å². The number of pyridine rings is 1. The van der Waals surface area contributed by atoms with Crippen LogP contribution in [0.15, 0.2) is 55.0 Å². The van der Waals surface area contributed by atoms with Crippen molar-refractivity contribution in [3.8, 4) is 17.5 Å². The summed E-state index contributed by atoms with van der Waals surface area (Å²) in [4.78, 5) is 15.7. The van der Waals surface area contributed by atoms with Crippen molar-refractivity contribution in [2.24, 2.45) is 0 Å². The van der Waals surface area contributed by atoms with Crippen LogP contribution in [-0.2, 0) is 19.5 Å². The fourth-order valence-electron chi connectivity index (χ4n) is 3.15. The molecule has 122 valence electrons. The Kier molecular flexibility index (Phi) is 4.19. The second-order valence-corrected chi connectivity index (χ2v) is 6.14. The minimum Gasteiger partial charge on any atom is -0.294 e. The summed E-state index contributed by atoms with van der Waals surface area (Å²) in [6.07, 6.45) is 6.35. The molecule has 4 rings (SSSR count). The zero-order valence-electron chi connectivity index (χ0n) is 13.8. The number of hydrogen-bond acceptors (Lipinski definition) is 5. The van der Waals surface area contributed by atoms with Gasteiger partial charge in [-0.3, -0.25) is 9.88 Å². The molecule has 2 aromatic heterocycles. The van der Waals surface area contributed by atoms with E-state index in [1.165, 1.54) is 0 Å². The molecule has 0 atom stereocenters. The molecule has 0 amide bonds. The smallest absolute Gasteiger partial charge is 0.160 e. The first-order valence-electron chi connectivity index (χ1n) is 8.29. The maximum absolute atomic E-state index is 9.25. The van der Waals surface area contributed by atoms with Crippen LogP contribution < -0.4 is 0 Å². The molecule has 0 N–H and O–H groups in total. The van der Waals surface area contributed by atoms with Crippen molar-refractivity contribution in [3.05, 3.63) is 77.4 Å². The van der Waals surface area contributed by atoms with E-state index in [1.807, 2.05) is 42.6 Å². The standard InChI is InChI=1S/C20H17N5/c21-10-15-4-1-2-5-17(15)13-25-9-7-19-18(14-25)12-23-20(24-19)16-6-3-8-22-11-16/h1-6,8,11-12H,7,9,13-14H2. The molecule has 0 radical (unpaired) electrons. The number of nitriles is 1. The third-order valence-corrected chi connectivity index (χ3v) is 4.46. The molecule has 0 unspecified atom stereocenters. The molecule has 5 nitrogen and oxygen atoms in total. The van der Waals surface area contributed by atoms with Gasteiger partial charge >= 0.3 is 0 Å². The molecule has 1 aliphatic heterocycles. The molecule has 1 aromatic carbocycles. The first-order chi connectivity index (χ1) is 12.3. The molecule has 0 fully saturated rings. The summed E-state index contributed by atoms with van der Waals surface area (Å²) in [5, 5.41) is 9.25. The molecule has 0 bridgehead atoms. The van der Waals surface area contributed by atoms with Gasteiger partial charge in [0.25, 0.3) is 0 Å². The normalized spacial score (nSPS) is 13.9. The molecule has 0 spiro atoms. The van der Waals surface area contributed by atoms with Gasteiger partial charge in [-0.05, 0) is 23.8 Å². The van der Waals surface area contributed by atoms with Crippen LogP contribution in [0, 0.1) is 11.3 Å². The van der Waals surface area contributed by atoms with E-state index in [0.717, 1.165) is 59.8 Å². The lowest BCUT2D eigenvalue weighted by atomic mass is 10.0. The Labute approximate surface area is 146 Å². The lowest BCUT2D eigenvalue weighted by molar-refractivity contribution is 0.243.